The number of benzene rings is 3. The van der Waals surface area contributed by atoms with Crippen LogP contribution in [0.4, 0.5) is 14.5 Å². The molecule has 1 aromatic heterocycles. The van der Waals surface area contributed by atoms with E-state index in [1.54, 1.807) is 57.2 Å². The van der Waals surface area contributed by atoms with E-state index in [0.29, 0.717) is 46.3 Å². The number of unbranched alkanes of at least 4 members (excludes halogenated alkanes) is 1. The number of nitriles is 1. The molecule has 21 heteroatoms. The van der Waals surface area contributed by atoms with E-state index >= 15 is 0 Å². The number of nitrogens with zero attached hydrogens (tertiary/aromatic N) is 4. The number of hydrogen-bond acceptors (Lipinski definition) is 10. The molecule has 0 saturated carbocycles. The molecular formula is C49H50F2N7O10PS. The minimum atomic E-state index is -5.84. The quantitative estimate of drug-likeness (QED) is 0.0472. The normalized spacial score (nSPS) is 17.5. The molecule has 366 valence electrons. The van der Waals surface area contributed by atoms with E-state index in [1.165, 1.54) is 32.9 Å². The van der Waals surface area contributed by atoms with Crippen LogP contribution >= 0.6 is 18.9 Å². The Hall–Kier alpha value is -6.83. The lowest BCUT2D eigenvalue weighted by Gasteiger charge is -2.36. The van der Waals surface area contributed by atoms with E-state index in [1.807, 2.05) is 0 Å². The first-order valence-electron chi connectivity index (χ1n) is 22.5. The Kier molecular flexibility index (Phi) is 15.0. The van der Waals surface area contributed by atoms with Gasteiger partial charge in [0.05, 0.1) is 16.5 Å². The number of carbonyl (C=O) groups is 7. The molecule has 4 aromatic rings. The average Bonchev–Trinajstić information content (AvgIpc) is 4.06. The van der Waals surface area contributed by atoms with Gasteiger partial charge in [-0.3, -0.25) is 43.4 Å². The Morgan fingerprint density at radius 3 is 2.50 bits per heavy atom. The number of nitrogens with one attached hydrogen (secondary N) is 3. The Bertz CT molecular complexity index is 2950. The fourth-order valence-electron chi connectivity index (χ4n) is 8.67. The highest BCUT2D eigenvalue weighted by atomic mass is 32.1. The van der Waals surface area contributed by atoms with Gasteiger partial charge in [-0.05, 0) is 90.6 Å². The predicted octanol–water partition coefficient (Wildman–Crippen LogP) is 5.27. The SMILES string of the molecule is CC(C)(C)C(NC(=O)c1cc2cc(C(F)(F)P(=O)(O)O)ccc2s1)C(=O)N1CCCC1C(=O)N(CCC(=O)NCCCC#Cc1cccc2c1CN(C1CCC(=O)NC1=O)C2=O)c1cccc(C#N)c1. The molecule has 3 aliphatic rings. The number of fused-ring (bicyclic) bond motifs is 2. The average molecular weight is 998 g/mol. The largest absolute Gasteiger partial charge is 0.399 e. The first-order valence-corrected chi connectivity index (χ1v) is 24.9. The first kappa shape index (κ1) is 51.0. The maximum Gasteiger partial charge on any atom is 0.399 e. The minimum absolute atomic E-state index is 0.0490. The molecule has 7 amide bonds. The van der Waals surface area contributed by atoms with Crippen LogP contribution in [0.1, 0.15) is 108 Å². The van der Waals surface area contributed by atoms with Crippen molar-refractivity contribution in [2.24, 2.45) is 5.41 Å². The summed E-state index contributed by atoms with van der Waals surface area (Å²) in [6.45, 7) is 5.72. The van der Waals surface area contributed by atoms with Crippen molar-refractivity contribution in [2.75, 3.05) is 24.5 Å². The van der Waals surface area contributed by atoms with Crippen LogP contribution in [-0.4, -0.2) is 98.7 Å². The lowest BCUT2D eigenvalue weighted by molar-refractivity contribution is -0.141. The van der Waals surface area contributed by atoms with Crippen LogP contribution in [0, 0.1) is 28.6 Å². The zero-order chi connectivity index (χ0) is 50.7. The maximum atomic E-state index is 14.6. The van der Waals surface area contributed by atoms with Crippen molar-refractivity contribution in [2.45, 2.75) is 96.1 Å². The third kappa shape index (κ3) is 11.0. The smallest absolute Gasteiger partial charge is 0.356 e. The van der Waals surface area contributed by atoms with Gasteiger partial charge < -0.3 is 35.1 Å². The van der Waals surface area contributed by atoms with Crippen molar-refractivity contribution < 1.29 is 56.7 Å². The molecule has 7 rings (SSSR count). The van der Waals surface area contributed by atoms with Crippen molar-refractivity contribution in [3.8, 4) is 17.9 Å². The van der Waals surface area contributed by atoms with Crippen molar-refractivity contribution in [1.82, 2.24) is 25.8 Å². The number of imide groups is 1. The molecule has 3 aliphatic heterocycles. The number of thiophene rings is 1. The molecule has 3 atom stereocenters. The molecule has 2 saturated heterocycles. The van der Waals surface area contributed by atoms with Crippen LogP contribution in [0.2, 0.25) is 0 Å². The summed E-state index contributed by atoms with van der Waals surface area (Å²) in [5, 5.41) is 17.7. The molecule has 2 fully saturated rings. The van der Waals surface area contributed by atoms with E-state index in [9.17, 15) is 62.0 Å². The van der Waals surface area contributed by atoms with E-state index in [0.717, 1.165) is 23.5 Å². The fraction of sp³-hybridized carbons (Fsp3) is 0.388. The number of carbonyl (C=O) groups excluding carboxylic acids is 7. The molecule has 17 nitrogen and oxygen atoms in total. The van der Waals surface area contributed by atoms with E-state index in [4.69, 9.17) is 0 Å². The Balaban J connectivity index is 0.979. The summed E-state index contributed by atoms with van der Waals surface area (Å²) in [6.07, 6.45) is 1.86. The lowest BCUT2D eigenvalue weighted by atomic mass is 9.85. The highest BCUT2D eigenvalue weighted by molar-refractivity contribution is 7.52. The fourth-order valence-corrected chi connectivity index (χ4v) is 10.1. The molecule has 0 bridgehead atoms. The zero-order valence-corrected chi connectivity index (χ0v) is 40.1. The van der Waals surface area contributed by atoms with Gasteiger partial charge in [-0.2, -0.15) is 14.0 Å². The number of hydrogen-bond donors (Lipinski definition) is 5. The summed E-state index contributed by atoms with van der Waals surface area (Å²) in [5.74, 6) is 2.92. The second-order valence-corrected chi connectivity index (χ2v) is 21.0. The molecular weight excluding hydrogens is 948 g/mol. The van der Waals surface area contributed by atoms with Crippen LogP contribution in [0.5, 0.6) is 0 Å². The second kappa shape index (κ2) is 20.6. The van der Waals surface area contributed by atoms with Gasteiger partial charge in [0.15, 0.2) is 0 Å². The highest BCUT2D eigenvalue weighted by Crippen LogP contribution is 2.59. The van der Waals surface area contributed by atoms with Gasteiger partial charge in [0, 0.05) is 72.5 Å². The standard InChI is InChI=1S/C49H50F2N7O10PS/c1-48(2,3)42(55-44(62)39-26-31-25-32(16-18-38(31)70-39)49(50,51)69(66,67)68)47(65)57-22-9-15-37(57)46(64)56(33-13-7-10-29(24-33)27-52)23-20-40(59)53-21-6-4-5-11-30-12-8-14-34-35(30)28-58(45(34)63)36-17-19-41(60)54-43(36)61/h7-8,10,12-14,16,18,24-26,36-37,42H,4,6,9,15,17,19-23,28H2,1-3H3,(H,53,59)(H,55,62)(H,54,60,61)(H2,66,67,68). The lowest BCUT2D eigenvalue weighted by Crippen LogP contribution is -2.58. The van der Waals surface area contributed by atoms with Crippen molar-refractivity contribution in [3.05, 3.63) is 99.4 Å². The molecule has 70 heavy (non-hydrogen) atoms. The number of amides is 7. The number of alkyl halides is 2. The van der Waals surface area contributed by atoms with Crippen LogP contribution in [0.15, 0.2) is 66.7 Å². The summed E-state index contributed by atoms with van der Waals surface area (Å²) in [4.78, 5) is 116. The van der Waals surface area contributed by atoms with Crippen molar-refractivity contribution in [3.63, 3.8) is 0 Å². The molecule has 0 spiro atoms. The molecule has 4 heterocycles. The van der Waals surface area contributed by atoms with Gasteiger partial charge in [-0.15, -0.1) is 11.3 Å². The second-order valence-electron chi connectivity index (χ2n) is 18.3. The third-order valence-corrected chi connectivity index (χ3v) is 14.5. The number of likely N-dealkylation sites (tertiary alicyclic amines) is 1. The topological polar surface area (TPSA) is 247 Å². The first-order chi connectivity index (χ1) is 33.1. The van der Waals surface area contributed by atoms with Crippen LogP contribution in [0.3, 0.4) is 0 Å². The van der Waals surface area contributed by atoms with E-state index < -0.39 is 66.0 Å². The van der Waals surface area contributed by atoms with Crippen LogP contribution < -0.4 is 20.9 Å². The maximum absolute atomic E-state index is 14.6. The van der Waals surface area contributed by atoms with Crippen LogP contribution in [0.25, 0.3) is 10.1 Å². The van der Waals surface area contributed by atoms with Gasteiger partial charge in [0.2, 0.25) is 29.5 Å². The molecule has 0 aliphatic carbocycles. The Morgan fingerprint density at radius 2 is 1.79 bits per heavy atom. The van der Waals surface area contributed by atoms with Gasteiger partial charge in [-0.25, -0.2) is 0 Å². The Morgan fingerprint density at radius 1 is 1.03 bits per heavy atom. The summed E-state index contributed by atoms with van der Waals surface area (Å²) in [6, 6.07) is 14.9. The summed E-state index contributed by atoms with van der Waals surface area (Å²) in [5.41, 5.74) is -3.87. The Labute approximate surface area is 405 Å². The van der Waals surface area contributed by atoms with Gasteiger partial charge >= 0.3 is 13.3 Å². The summed E-state index contributed by atoms with van der Waals surface area (Å²) < 4.78 is 40.9. The predicted molar refractivity (Wildman–Crippen MR) is 253 cm³/mol. The number of rotatable bonds is 14. The van der Waals surface area contributed by atoms with Gasteiger partial charge in [0.1, 0.15) is 18.1 Å². The van der Waals surface area contributed by atoms with Gasteiger partial charge in [0.25, 0.3) is 11.8 Å². The number of anilines is 1. The van der Waals surface area contributed by atoms with Crippen LogP contribution in [-0.2, 0) is 40.7 Å². The third-order valence-electron chi connectivity index (χ3n) is 12.4. The van der Waals surface area contributed by atoms with E-state index in [2.05, 4.69) is 33.9 Å². The van der Waals surface area contributed by atoms with E-state index in [-0.39, 0.29) is 85.4 Å². The molecule has 0 radical (unpaired) electrons. The van der Waals surface area contributed by atoms with Crippen molar-refractivity contribution >= 4 is 76.1 Å². The monoisotopic (exact) mass is 997 g/mol. The summed E-state index contributed by atoms with van der Waals surface area (Å²) in [7, 11) is -5.84. The van der Waals surface area contributed by atoms with Crippen molar-refractivity contribution in [1.29, 1.82) is 5.26 Å². The zero-order valence-electron chi connectivity index (χ0n) is 38.4. The minimum Gasteiger partial charge on any atom is -0.356 e. The van der Waals surface area contributed by atoms with Gasteiger partial charge in [-0.1, -0.05) is 50.8 Å². The molecule has 5 N–H and O–H groups in total. The molecule has 3 unspecified atom stereocenters. The highest BCUT2D eigenvalue weighted by Gasteiger charge is 2.50. The number of piperidine rings is 1. The summed E-state index contributed by atoms with van der Waals surface area (Å²) >= 11 is 0.936. The molecule has 3 aromatic carbocycles. The number of halogens is 2.